The predicted molar refractivity (Wildman–Crippen MR) is 130 cm³/mol. The van der Waals surface area contributed by atoms with Crippen LogP contribution < -0.4 is 21.1 Å². The van der Waals surface area contributed by atoms with Gasteiger partial charge < -0.3 is 26.2 Å². The monoisotopic (exact) mass is 448 g/mol. The summed E-state index contributed by atoms with van der Waals surface area (Å²) in [7, 11) is 1.62. The molecule has 5 N–H and O–H groups in total. The second-order valence-electron chi connectivity index (χ2n) is 8.13. The van der Waals surface area contributed by atoms with Gasteiger partial charge in [-0.3, -0.25) is 4.79 Å². The lowest BCUT2D eigenvalue weighted by Gasteiger charge is -2.18. The minimum atomic E-state index is -0.654. The molecule has 0 bridgehead atoms. The van der Waals surface area contributed by atoms with E-state index < -0.39 is 6.10 Å². The zero-order valence-corrected chi connectivity index (χ0v) is 19.1. The molecule has 0 unspecified atom stereocenters. The van der Waals surface area contributed by atoms with E-state index in [0.717, 1.165) is 34.4 Å². The Morgan fingerprint density at radius 1 is 1.12 bits per heavy atom. The molecule has 1 heterocycles. The minimum absolute atomic E-state index is 0.0375. The van der Waals surface area contributed by atoms with Gasteiger partial charge in [-0.05, 0) is 36.6 Å². The molecule has 7 nitrogen and oxygen atoms in total. The highest BCUT2D eigenvalue weighted by molar-refractivity contribution is 5.78. The number of nitrogens with two attached hydrogens (primary N) is 1. The van der Waals surface area contributed by atoms with E-state index in [2.05, 4.69) is 34.7 Å². The SMILES string of the molecule is COc1ccccc1CNC(=O)Cc1cccc(C[C@@H](C)NC[C@H](O)c2ccc(N)nc2)c1. The minimum Gasteiger partial charge on any atom is -0.496 e. The Kier molecular flexibility index (Phi) is 8.80. The van der Waals surface area contributed by atoms with Crippen molar-refractivity contribution < 1.29 is 14.6 Å². The first-order chi connectivity index (χ1) is 15.9. The van der Waals surface area contributed by atoms with Gasteiger partial charge in [0.2, 0.25) is 5.91 Å². The lowest BCUT2D eigenvalue weighted by Crippen LogP contribution is -2.32. The van der Waals surface area contributed by atoms with Gasteiger partial charge in [-0.1, -0.05) is 48.5 Å². The van der Waals surface area contributed by atoms with Crippen LogP contribution in [0.3, 0.4) is 0 Å². The average Bonchev–Trinajstić information content (AvgIpc) is 2.82. The highest BCUT2D eigenvalue weighted by Gasteiger charge is 2.11. The van der Waals surface area contributed by atoms with Gasteiger partial charge in [0.05, 0.1) is 19.6 Å². The Balaban J connectivity index is 1.47. The number of carbonyl (C=O) groups is 1. The first kappa shape index (κ1) is 24.2. The van der Waals surface area contributed by atoms with E-state index in [4.69, 9.17) is 10.5 Å². The molecular formula is C26H32N4O3. The van der Waals surface area contributed by atoms with Crippen molar-refractivity contribution in [3.05, 3.63) is 89.1 Å². The van der Waals surface area contributed by atoms with E-state index in [1.165, 1.54) is 0 Å². The van der Waals surface area contributed by atoms with E-state index in [1.807, 2.05) is 36.4 Å². The van der Waals surface area contributed by atoms with Crippen molar-refractivity contribution in [3.63, 3.8) is 0 Å². The number of aromatic nitrogens is 1. The number of nitrogens with zero attached hydrogens (tertiary/aromatic N) is 1. The van der Waals surface area contributed by atoms with Crippen LogP contribution in [0.4, 0.5) is 5.82 Å². The van der Waals surface area contributed by atoms with Crippen LogP contribution in [0, 0.1) is 0 Å². The second-order valence-corrected chi connectivity index (χ2v) is 8.13. The van der Waals surface area contributed by atoms with E-state index in [9.17, 15) is 9.90 Å². The molecule has 174 valence electrons. The number of aliphatic hydroxyl groups is 1. The van der Waals surface area contributed by atoms with Crippen LogP contribution in [0.2, 0.25) is 0 Å². The van der Waals surface area contributed by atoms with Crippen molar-refractivity contribution >= 4 is 11.7 Å². The molecule has 3 rings (SSSR count). The highest BCUT2D eigenvalue weighted by Crippen LogP contribution is 2.17. The average molecular weight is 449 g/mol. The number of hydrogen-bond donors (Lipinski definition) is 4. The molecule has 0 aliphatic heterocycles. The third kappa shape index (κ3) is 7.59. The summed E-state index contributed by atoms with van der Waals surface area (Å²) < 4.78 is 5.33. The maximum Gasteiger partial charge on any atom is 0.224 e. The van der Waals surface area contributed by atoms with Gasteiger partial charge in [0.25, 0.3) is 0 Å². The van der Waals surface area contributed by atoms with Crippen LogP contribution in [-0.2, 0) is 24.2 Å². The van der Waals surface area contributed by atoms with Crippen LogP contribution in [0.25, 0.3) is 0 Å². The topological polar surface area (TPSA) is 110 Å². The normalized spacial score (nSPS) is 12.7. The number of methoxy groups -OCH3 is 1. The summed E-state index contributed by atoms with van der Waals surface area (Å²) >= 11 is 0. The van der Waals surface area contributed by atoms with Gasteiger partial charge in [-0.2, -0.15) is 0 Å². The largest absolute Gasteiger partial charge is 0.496 e. The molecule has 0 radical (unpaired) electrons. The van der Waals surface area contributed by atoms with Crippen molar-refractivity contribution in [2.75, 3.05) is 19.4 Å². The summed E-state index contributed by atoms with van der Waals surface area (Å²) in [6, 6.07) is 19.3. The van der Waals surface area contributed by atoms with Gasteiger partial charge >= 0.3 is 0 Å². The number of rotatable bonds is 11. The summed E-state index contributed by atoms with van der Waals surface area (Å²) in [5.41, 5.74) is 9.36. The summed E-state index contributed by atoms with van der Waals surface area (Å²) in [6.45, 7) is 2.91. The van der Waals surface area contributed by atoms with Crippen LogP contribution >= 0.6 is 0 Å². The number of ether oxygens (including phenoxy) is 1. The molecule has 2 aromatic carbocycles. The van der Waals surface area contributed by atoms with Gasteiger partial charge in [-0.25, -0.2) is 4.98 Å². The standard InChI is InChI=1S/C26H32N4O3/c1-18(28-17-23(31)21-10-11-25(27)29-15-21)12-19-6-5-7-20(13-19)14-26(32)30-16-22-8-3-4-9-24(22)33-2/h3-11,13,15,18,23,28,31H,12,14,16-17H2,1-2H3,(H2,27,29)(H,30,32)/t18-,23+/m1/s1. The van der Waals surface area contributed by atoms with Gasteiger partial charge in [0.1, 0.15) is 11.6 Å². The third-order valence-electron chi connectivity index (χ3n) is 5.42. The summed E-state index contributed by atoms with van der Waals surface area (Å²) in [5, 5.41) is 16.7. The lowest BCUT2D eigenvalue weighted by atomic mass is 10.0. The number of nitrogens with one attached hydrogen (secondary N) is 2. The molecule has 1 amide bonds. The number of anilines is 1. The summed E-state index contributed by atoms with van der Waals surface area (Å²) in [6.07, 6.45) is 2.03. The van der Waals surface area contributed by atoms with E-state index >= 15 is 0 Å². The van der Waals surface area contributed by atoms with Crippen LogP contribution in [-0.4, -0.2) is 35.7 Å². The first-order valence-corrected chi connectivity index (χ1v) is 11.0. The maximum absolute atomic E-state index is 12.4. The lowest BCUT2D eigenvalue weighted by molar-refractivity contribution is -0.120. The fourth-order valence-corrected chi connectivity index (χ4v) is 3.63. The third-order valence-corrected chi connectivity index (χ3v) is 5.42. The smallest absolute Gasteiger partial charge is 0.224 e. The number of para-hydroxylation sites is 1. The summed E-state index contributed by atoms with van der Waals surface area (Å²) in [4.78, 5) is 16.5. The van der Waals surface area contributed by atoms with Crippen molar-refractivity contribution in [3.8, 4) is 5.75 Å². The molecule has 0 spiro atoms. The molecule has 1 aromatic heterocycles. The fourth-order valence-electron chi connectivity index (χ4n) is 3.63. The van der Waals surface area contributed by atoms with Gasteiger partial charge in [0, 0.05) is 36.5 Å². The van der Waals surface area contributed by atoms with Crippen LogP contribution in [0.5, 0.6) is 5.75 Å². The Bertz CT molecular complexity index is 1040. The Morgan fingerprint density at radius 3 is 2.67 bits per heavy atom. The molecule has 7 heteroatoms. The number of nitrogen functional groups attached to an aromatic ring is 1. The van der Waals surface area contributed by atoms with Gasteiger partial charge in [0.15, 0.2) is 0 Å². The molecule has 33 heavy (non-hydrogen) atoms. The number of hydrogen-bond acceptors (Lipinski definition) is 6. The quantitative estimate of drug-likeness (QED) is 0.359. The molecule has 0 fully saturated rings. The van der Waals surface area contributed by atoms with Crippen molar-refractivity contribution in [2.45, 2.75) is 38.5 Å². The first-order valence-electron chi connectivity index (χ1n) is 11.0. The fraction of sp³-hybridized carbons (Fsp3) is 0.308. The van der Waals surface area contributed by atoms with Crippen molar-refractivity contribution in [2.24, 2.45) is 0 Å². The van der Waals surface area contributed by atoms with Crippen molar-refractivity contribution in [1.82, 2.24) is 15.6 Å². The molecule has 3 aromatic rings. The highest BCUT2D eigenvalue weighted by atomic mass is 16.5. The molecule has 0 saturated carbocycles. The predicted octanol–water partition coefficient (Wildman–Crippen LogP) is 2.79. The van der Waals surface area contributed by atoms with E-state index in [0.29, 0.717) is 25.3 Å². The molecule has 0 saturated heterocycles. The Labute approximate surface area is 195 Å². The van der Waals surface area contributed by atoms with Crippen LogP contribution in [0.1, 0.15) is 35.3 Å². The summed E-state index contributed by atoms with van der Waals surface area (Å²) in [5.74, 6) is 1.16. The molecule has 2 atom stereocenters. The Hall–Kier alpha value is -3.42. The zero-order valence-electron chi connectivity index (χ0n) is 19.1. The number of benzene rings is 2. The maximum atomic E-state index is 12.4. The molecule has 0 aliphatic carbocycles. The Morgan fingerprint density at radius 2 is 1.91 bits per heavy atom. The second kappa shape index (κ2) is 12.0. The molecular weight excluding hydrogens is 416 g/mol. The van der Waals surface area contributed by atoms with Crippen LogP contribution in [0.15, 0.2) is 66.9 Å². The number of aliphatic hydroxyl groups excluding tert-OH is 1. The zero-order chi connectivity index (χ0) is 23.6. The van der Waals surface area contributed by atoms with Gasteiger partial charge in [-0.15, -0.1) is 0 Å². The molecule has 0 aliphatic rings. The number of amides is 1. The number of pyridine rings is 1. The van der Waals surface area contributed by atoms with Crippen molar-refractivity contribution in [1.29, 1.82) is 0 Å². The number of carbonyl (C=O) groups excluding carboxylic acids is 1. The van der Waals surface area contributed by atoms with E-state index in [-0.39, 0.29) is 11.9 Å². The van der Waals surface area contributed by atoms with E-state index in [1.54, 1.807) is 25.4 Å².